The number of phenols is 2. The molecule has 4 atom stereocenters. The Kier molecular flexibility index (Phi) is 8.50. The Morgan fingerprint density at radius 3 is 2.65 bits per heavy atom. The Balaban J connectivity index is 1.66. The molecule has 2 unspecified atom stereocenters. The van der Waals surface area contributed by atoms with Crippen LogP contribution in [0.5, 0.6) is 17.2 Å². The van der Waals surface area contributed by atoms with Crippen molar-refractivity contribution < 1.29 is 39.5 Å². The molecule has 1 aliphatic rings. The van der Waals surface area contributed by atoms with E-state index >= 15 is 0 Å². The van der Waals surface area contributed by atoms with Crippen molar-refractivity contribution in [2.24, 2.45) is 11.7 Å². The average molecular weight is 555 g/mol. The van der Waals surface area contributed by atoms with Gasteiger partial charge in [-0.1, -0.05) is 25.1 Å². The second-order valence-corrected chi connectivity index (χ2v) is 10.2. The monoisotopic (exact) mass is 554 g/mol. The molecule has 12 heteroatoms. The molecule has 2 amide bonds. The van der Waals surface area contributed by atoms with E-state index in [1.54, 1.807) is 13.1 Å². The number of para-hydroxylation sites is 1. The number of aromatic nitrogens is 1. The standard InChI is InChI=1S/C28H34N4O8/c1-14(13-33)7-21(28(38)39)31-26(36)22-9-15-10-23(34)25(40-2)24(35)18(15)12-32(22)27(37)19(29)8-16-11-30-20-6-4-3-5-17(16)20/h3-6,10-11,14,19,21-22,30,33-35H,7-9,12-13,29H2,1-2H3,(H,31,36)(H,38,39)/t14?,19-,21-,22?/m0/s1. The summed E-state index contributed by atoms with van der Waals surface area (Å²) < 4.78 is 5.10. The summed E-state index contributed by atoms with van der Waals surface area (Å²) in [6.07, 6.45) is 1.80. The minimum atomic E-state index is -1.30. The van der Waals surface area contributed by atoms with Crippen LogP contribution in [0.2, 0.25) is 0 Å². The molecule has 0 bridgehead atoms. The zero-order valence-corrected chi connectivity index (χ0v) is 22.3. The van der Waals surface area contributed by atoms with Gasteiger partial charge in [0.15, 0.2) is 11.5 Å². The maximum absolute atomic E-state index is 13.8. The van der Waals surface area contributed by atoms with Gasteiger partial charge < -0.3 is 46.1 Å². The second-order valence-electron chi connectivity index (χ2n) is 10.2. The normalized spacial score (nSPS) is 17.1. The third kappa shape index (κ3) is 5.68. The Morgan fingerprint density at radius 1 is 1.25 bits per heavy atom. The number of hydrogen-bond acceptors (Lipinski definition) is 8. The SMILES string of the molecule is COc1c(O)cc2c(c1O)CN(C(=O)[C@@H](N)Cc1c[nH]c3ccccc13)C(C(=O)N[C@@H](CC(C)CO)C(=O)O)C2. The Morgan fingerprint density at radius 2 is 1.98 bits per heavy atom. The smallest absolute Gasteiger partial charge is 0.326 e. The van der Waals surface area contributed by atoms with E-state index in [1.165, 1.54) is 18.1 Å². The number of benzene rings is 2. The summed E-state index contributed by atoms with van der Waals surface area (Å²) in [5.41, 5.74) is 8.77. The minimum absolute atomic E-state index is 0.0202. The lowest BCUT2D eigenvalue weighted by atomic mass is 9.90. The van der Waals surface area contributed by atoms with Crippen LogP contribution >= 0.6 is 0 Å². The highest BCUT2D eigenvalue weighted by Gasteiger charge is 2.40. The first-order chi connectivity index (χ1) is 19.0. The molecule has 12 nitrogen and oxygen atoms in total. The highest BCUT2D eigenvalue weighted by molar-refractivity contribution is 5.93. The number of carbonyl (C=O) groups excluding carboxylic acids is 2. The van der Waals surface area contributed by atoms with Crippen molar-refractivity contribution in [1.29, 1.82) is 0 Å². The molecule has 3 aromatic rings. The molecule has 8 N–H and O–H groups in total. The first-order valence-electron chi connectivity index (χ1n) is 12.9. The van der Waals surface area contributed by atoms with Crippen LogP contribution in [0.4, 0.5) is 0 Å². The number of nitrogens with one attached hydrogen (secondary N) is 2. The van der Waals surface area contributed by atoms with E-state index in [-0.39, 0.29) is 55.2 Å². The molecular formula is C28H34N4O8. The van der Waals surface area contributed by atoms with Crippen molar-refractivity contribution in [3.63, 3.8) is 0 Å². The van der Waals surface area contributed by atoms with Crippen molar-refractivity contribution in [2.75, 3.05) is 13.7 Å². The summed E-state index contributed by atoms with van der Waals surface area (Å²) in [7, 11) is 1.28. The number of nitrogens with two attached hydrogens (primary N) is 1. The number of aliphatic hydroxyl groups is 1. The number of methoxy groups -OCH3 is 1. The number of carboxylic acids is 1. The quantitative estimate of drug-likeness (QED) is 0.191. The van der Waals surface area contributed by atoms with Crippen LogP contribution in [-0.4, -0.2) is 79.9 Å². The van der Waals surface area contributed by atoms with Crippen LogP contribution in [0.3, 0.4) is 0 Å². The van der Waals surface area contributed by atoms with Crippen LogP contribution in [0, 0.1) is 5.92 Å². The lowest BCUT2D eigenvalue weighted by Crippen LogP contribution is -2.58. The van der Waals surface area contributed by atoms with Gasteiger partial charge in [-0.3, -0.25) is 9.59 Å². The number of nitrogens with zero attached hydrogens (tertiary/aromatic N) is 1. The van der Waals surface area contributed by atoms with Gasteiger partial charge in [-0.05, 0) is 42.0 Å². The number of aliphatic carboxylic acids is 1. The molecule has 1 aliphatic heterocycles. The minimum Gasteiger partial charge on any atom is -0.504 e. The Labute approximate surface area is 230 Å². The van der Waals surface area contributed by atoms with Crippen LogP contribution in [0.25, 0.3) is 10.9 Å². The number of aliphatic hydroxyl groups excluding tert-OH is 1. The Bertz CT molecular complexity index is 1420. The molecule has 4 rings (SSSR count). The number of H-pyrrole nitrogens is 1. The van der Waals surface area contributed by atoms with Gasteiger partial charge >= 0.3 is 5.97 Å². The molecule has 0 saturated heterocycles. The number of aromatic hydroxyl groups is 2. The van der Waals surface area contributed by atoms with Gasteiger partial charge in [0.25, 0.3) is 0 Å². The number of hydrogen-bond donors (Lipinski definition) is 7. The van der Waals surface area contributed by atoms with E-state index < -0.39 is 41.8 Å². The van der Waals surface area contributed by atoms with E-state index in [2.05, 4.69) is 10.3 Å². The van der Waals surface area contributed by atoms with Gasteiger partial charge in [0.2, 0.25) is 17.6 Å². The lowest BCUT2D eigenvalue weighted by molar-refractivity contribution is -0.146. The third-order valence-electron chi connectivity index (χ3n) is 7.34. The number of rotatable bonds is 10. The van der Waals surface area contributed by atoms with Gasteiger partial charge in [0.05, 0.1) is 19.7 Å². The lowest BCUT2D eigenvalue weighted by Gasteiger charge is -2.38. The number of phenolic OH excluding ortho intramolecular Hbond substituents is 2. The summed E-state index contributed by atoms with van der Waals surface area (Å²) in [5, 5.41) is 43.5. The first-order valence-corrected chi connectivity index (χ1v) is 12.9. The number of ether oxygens (including phenoxy) is 1. The average Bonchev–Trinajstić information content (AvgIpc) is 3.34. The molecule has 0 spiro atoms. The topological polar surface area (TPSA) is 198 Å². The molecule has 0 radical (unpaired) electrons. The third-order valence-corrected chi connectivity index (χ3v) is 7.34. The zero-order chi connectivity index (χ0) is 29.1. The second kappa shape index (κ2) is 11.8. The van der Waals surface area contributed by atoms with Crippen LogP contribution < -0.4 is 15.8 Å². The van der Waals surface area contributed by atoms with Gasteiger partial charge in [-0.15, -0.1) is 0 Å². The predicted octanol–water partition coefficient (Wildman–Crippen LogP) is 0.999. The van der Waals surface area contributed by atoms with Crippen LogP contribution in [0.15, 0.2) is 36.5 Å². The summed E-state index contributed by atoms with van der Waals surface area (Å²) in [4.78, 5) is 43.5. The molecular weight excluding hydrogens is 520 g/mol. The van der Waals surface area contributed by atoms with Crippen molar-refractivity contribution in [2.45, 2.75) is 50.9 Å². The van der Waals surface area contributed by atoms with E-state index in [1.807, 2.05) is 24.3 Å². The zero-order valence-electron chi connectivity index (χ0n) is 22.3. The largest absolute Gasteiger partial charge is 0.504 e. The van der Waals surface area contributed by atoms with Crippen molar-refractivity contribution >= 4 is 28.7 Å². The van der Waals surface area contributed by atoms with Gasteiger partial charge in [0.1, 0.15) is 12.1 Å². The molecule has 1 aromatic heterocycles. The summed E-state index contributed by atoms with van der Waals surface area (Å²) in [6, 6.07) is 5.38. The van der Waals surface area contributed by atoms with Crippen LogP contribution in [0.1, 0.15) is 30.0 Å². The van der Waals surface area contributed by atoms with Gasteiger partial charge in [-0.2, -0.15) is 0 Å². The maximum atomic E-state index is 13.8. The number of aromatic amines is 1. The molecule has 0 aliphatic carbocycles. The van der Waals surface area contributed by atoms with Gasteiger partial charge in [0, 0.05) is 35.7 Å². The molecule has 2 aromatic carbocycles. The fourth-order valence-electron chi connectivity index (χ4n) is 5.16. The van der Waals surface area contributed by atoms with E-state index in [0.717, 1.165) is 16.5 Å². The van der Waals surface area contributed by atoms with Crippen molar-refractivity contribution in [3.05, 3.63) is 53.2 Å². The van der Waals surface area contributed by atoms with E-state index in [9.17, 15) is 34.8 Å². The number of fused-ring (bicyclic) bond motifs is 2. The van der Waals surface area contributed by atoms with Gasteiger partial charge in [-0.25, -0.2) is 4.79 Å². The first kappa shape index (κ1) is 28.7. The van der Waals surface area contributed by atoms with E-state index in [4.69, 9.17) is 10.5 Å². The highest BCUT2D eigenvalue weighted by Crippen LogP contribution is 2.43. The number of carbonyl (C=O) groups is 3. The summed E-state index contributed by atoms with van der Waals surface area (Å²) in [6.45, 7) is 1.17. The summed E-state index contributed by atoms with van der Waals surface area (Å²) in [5.74, 6) is -3.84. The number of carboxylic acid groups (broad SMARTS) is 1. The molecule has 0 fully saturated rings. The maximum Gasteiger partial charge on any atom is 0.326 e. The fraction of sp³-hybridized carbons (Fsp3) is 0.393. The molecule has 2 heterocycles. The number of amides is 2. The predicted molar refractivity (Wildman–Crippen MR) is 145 cm³/mol. The van der Waals surface area contributed by atoms with E-state index in [0.29, 0.717) is 5.56 Å². The Hall–Kier alpha value is -4.29. The summed E-state index contributed by atoms with van der Waals surface area (Å²) >= 11 is 0. The molecule has 40 heavy (non-hydrogen) atoms. The molecule has 0 saturated carbocycles. The van der Waals surface area contributed by atoms with Crippen molar-refractivity contribution in [3.8, 4) is 17.2 Å². The fourth-order valence-corrected chi connectivity index (χ4v) is 5.16. The van der Waals surface area contributed by atoms with Crippen LogP contribution in [-0.2, 0) is 33.8 Å². The molecule has 214 valence electrons. The highest BCUT2D eigenvalue weighted by atomic mass is 16.5. The van der Waals surface area contributed by atoms with Crippen molar-refractivity contribution in [1.82, 2.24) is 15.2 Å².